The number of carbonyl (C=O) groups is 1. The lowest BCUT2D eigenvalue weighted by atomic mass is 10.1. The van der Waals surface area contributed by atoms with Gasteiger partial charge in [-0.2, -0.15) is 0 Å². The van der Waals surface area contributed by atoms with Gasteiger partial charge in [-0.05, 0) is 50.6 Å². The van der Waals surface area contributed by atoms with Crippen molar-refractivity contribution in [1.82, 2.24) is 5.32 Å². The molecule has 134 valence electrons. The average molecular weight is 360 g/mol. The highest BCUT2D eigenvalue weighted by molar-refractivity contribution is 7.92. The summed E-state index contributed by atoms with van der Waals surface area (Å²) in [5, 5.41) is 2.95. The molecule has 5 nitrogen and oxygen atoms in total. The molecule has 1 atom stereocenters. The first kappa shape index (κ1) is 19.0. The van der Waals surface area contributed by atoms with Gasteiger partial charge in [0.15, 0.2) is 0 Å². The van der Waals surface area contributed by atoms with Crippen LogP contribution in [0, 0.1) is 0 Å². The van der Waals surface area contributed by atoms with E-state index in [0.717, 1.165) is 5.56 Å². The number of nitrogens with one attached hydrogen (secondary N) is 1. The minimum atomic E-state index is -3.32. The molecule has 6 heteroatoms. The fraction of sp³-hybridized carbons (Fsp3) is 0.316. The van der Waals surface area contributed by atoms with Crippen molar-refractivity contribution in [3.63, 3.8) is 0 Å². The van der Waals surface area contributed by atoms with Gasteiger partial charge >= 0.3 is 0 Å². The highest BCUT2D eigenvalue weighted by atomic mass is 32.2. The second-order valence-corrected chi connectivity index (χ2v) is 7.90. The topological polar surface area (TPSA) is 66.5 Å². The number of rotatable bonds is 7. The number of hydrogen-bond donors (Lipinski definition) is 1. The molecule has 0 saturated carbocycles. The Morgan fingerprint density at radius 3 is 2.16 bits per heavy atom. The summed E-state index contributed by atoms with van der Waals surface area (Å²) in [5.41, 5.74) is 2.09. The fourth-order valence-corrected chi connectivity index (χ4v) is 3.73. The molecule has 0 bridgehead atoms. The van der Waals surface area contributed by atoms with Crippen LogP contribution in [-0.4, -0.2) is 26.6 Å². The summed E-state index contributed by atoms with van der Waals surface area (Å²) in [6.07, 6.45) is 0. The van der Waals surface area contributed by atoms with Gasteiger partial charge < -0.3 is 5.32 Å². The molecule has 1 N–H and O–H groups in total. The lowest BCUT2D eigenvalue weighted by Crippen LogP contribution is -2.32. The lowest BCUT2D eigenvalue weighted by Gasteiger charge is -2.22. The first-order valence-electron chi connectivity index (χ1n) is 8.35. The Morgan fingerprint density at radius 2 is 1.64 bits per heavy atom. The first-order valence-corrected chi connectivity index (χ1v) is 9.96. The Hall–Kier alpha value is -2.34. The molecule has 0 radical (unpaired) electrons. The van der Waals surface area contributed by atoms with Gasteiger partial charge in [-0.15, -0.1) is 0 Å². The van der Waals surface area contributed by atoms with E-state index in [1.165, 1.54) is 4.31 Å². The first-order chi connectivity index (χ1) is 11.9. The maximum atomic E-state index is 12.4. The molecule has 2 aromatic rings. The van der Waals surface area contributed by atoms with Gasteiger partial charge in [0.05, 0.1) is 17.5 Å². The molecule has 1 amide bonds. The van der Waals surface area contributed by atoms with Gasteiger partial charge in [0.2, 0.25) is 10.0 Å². The maximum Gasteiger partial charge on any atom is 0.251 e. The van der Waals surface area contributed by atoms with E-state index in [-0.39, 0.29) is 17.7 Å². The normalized spacial score (nSPS) is 12.4. The predicted octanol–water partition coefficient (Wildman–Crippen LogP) is 3.35. The van der Waals surface area contributed by atoms with Gasteiger partial charge in [0.25, 0.3) is 5.91 Å². The molecule has 0 aliphatic carbocycles. The van der Waals surface area contributed by atoms with E-state index in [1.54, 1.807) is 38.1 Å². The largest absolute Gasteiger partial charge is 0.346 e. The van der Waals surface area contributed by atoms with Crippen LogP contribution >= 0.6 is 0 Å². The van der Waals surface area contributed by atoms with E-state index in [2.05, 4.69) is 5.32 Å². The van der Waals surface area contributed by atoms with Crippen LogP contribution in [0.1, 0.15) is 42.7 Å². The third kappa shape index (κ3) is 4.60. The van der Waals surface area contributed by atoms with Crippen molar-refractivity contribution in [1.29, 1.82) is 0 Å². The molecule has 0 aliphatic heterocycles. The standard InChI is InChI=1S/C19H24N2O3S/c1-4-21(25(23,24)5-2)18-13-11-17(12-14-18)19(22)20-15(3)16-9-7-6-8-10-16/h6-15H,4-5H2,1-3H3,(H,20,22)/t15-/m1/s1. The quantitative estimate of drug-likeness (QED) is 0.823. The summed E-state index contributed by atoms with van der Waals surface area (Å²) in [5.74, 6) is -0.151. The van der Waals surface area contributed by atoms with Crippen LogP contribution in [0.25, 0.3) is 0 Å². The zero-order chi connectivity index (χ0) is 18.4. The van der Waals surface area contributed by atoms with Crippen LogP contribution in [0.4, 0.5) is 5.69 Å². The maximum absolute atomic E-state index is 12.4. The van der Waals surface area contributed by atoms with Gasteiger partial charge in [0, 0.05) is 12.1 Å². The number of benzene rings is 2. The third-order valence-electron chi connectivity index (χ3n) is 4.05. The van der Waals surface area contributed by atoms with Gasteiger partial charge in [0.1, 0.15) is 0 Å². The Bertz CT molecular complexity index is 802. The second-order valence-electron chi connectivity index (χ2n) is 5.72. The minimum Gasteiger partial charge on any atom is -0.346 e. The molecular formula is C19H24N2O3S. The molecule has 0 aliphatic rings. The summed E-state index contributed by atoms with van der Waals surface area (Å²) in [6.45, 7) is 5.68. The van der Waals surface area contributed by atoms with E-state index >= 15 is 0 Å². The van der Waals surface area contributed by atoms with Crippen molar-refractivity contribution in [3.05, 3.63) is 65.7 Å². The van der Waals surface area contributed by atoms with Crippen molar-refractivity contribution in [2.45, 2.75) is 26.8 Å². The number of anilines is 1. The number of nitrogens with zero attached hydrogens (tertiary/aromatic N) is 1. The highest BCUT2D eigenvalue weighted by Gasteiger charge is 2.19. The Balaban J connectivity index is 2.12. The van der Waals surface area contributed by atoms with Crippen LogP contribution in [0.2, 0.25) is 0 Å². The Morgan fingerprint density at radius 1 is 1.04 bits per heavy atom. The molecular weight excluding hydrogens is 336 g/mol. The summed E-state index contributed by atoms with van der Waals surface area (Å²) in [7, 11) is -3.32. The van der Waals surface area contributed by atoms with E-state index in [4.69, 9.17) is 0 Å². The highest BCUT2D eigenvalue weighted by Crippen LogP contribution is 2.19. The SMILES string of the molecule is CCN(c1ccc(C(=O)N[C@H](C)c2ccccc2)cc1)S(=O)(=O)CC. The third-order valence-corrected chi connectivity index (χ3v) is 5.92. The second kappa shape index (κ2) is 8.16. The van der Waals surface area contributed by atoms with Crippen LogP contribution in [0.3, 0.4) is 0 Å². The summed E-state index contributed by atoms with van der Waals surface area (Å²) < 4.78 is 25.5. The summed E-state index contributed by atoms with van der Waals surface area (Å²) >= 11 is 0. The molecule has 0 aromatic heterocycles. The average Bonchev–Trinajstić information content (AvgIpc) is 2.63. The molecule has 0 heterocycles. The predicted molar refractivity (Wildman–Crippen MR) is 101 cm³/mol. The summed E-state index contributed by atoms with van der Waals surface area (Å²) in [4.78, 5) is 12.4. The molecule has 25 heavy (non-hydrogen) atoms. The zero-order valence-electron chi connectivity index (χ0n) is 14.8. The van der Waals surface area contributed by atoms with Crippen LogP contribution in [0.15, 0.2) is 54.6 Å². The van der Waals surface area contributed by atoms with Crippen molar-refractivity contribution < 1.29 is 13.2 Å². The van der Waals surface area contributed by atoms with Crippen LogP contribution in [0.5, 0.6) is 0 Å². The molecule has 0 unspecified atom stereocenters. The monoisotopic (exact) mass is 360 g/mol. The smallest absolute Gasteiger partial charge is 0.251 e. The van der Waals surface area contributed by atoms with Crippen molar-refractivity contribution >= 4 is 21.6 Å². The molecule has 0 spiro atoms. The van der Waals surface area contributed by atoms with Gasteiger partial charge in [-0.25, -0.2) is 8.42 Å². The Labute approximate surface area is 149 Å². The van der Waals surface area contributed by atoms with E-state index in [9.17, 15) is 13.2 Å². The van der Waals surface area contributed by atoms with E-state index in [0.29, 0.717) is 17.8 Å². The number of sulfonamides is 1. The minimum absolute atomic E-state index is 0.0394. The number of amides is 1. The van der Waals surface area contributed by atoms with E-state index in [1.807, 2.05) is 37.3 Å². The van der Waals surface area contributed by atoms with Crippen LogP contribution < -0.4 is 9.62 Å². The zero-order valence-corrected chi connectivity index (χ0v) is 15.6. The summed E-state index contributed by atoms with van der Waals surface area (Å²) in [6, 6.07) is 16.2. The van der Waals surface area contributed by atoms with Gasteiger partial charge in [-0.1, -0.05) is 30.3 Å². The van der Waals surface area contributed by atoms with Crippen molar-refractivity contribution in [2.24, 2.45) is 0 Å². The van der Waals surface area contributed by atoms with Crippen molar-refractivity contribution in [2.75, 3.05) is 16.6 Å². The van der Waals surface area contributed by atoms with Crippen LogP contribution in [-0.2, 0) is 10.0 Å². The molecule has 2 rings (SSSR count). The molecule has 2 aromatic carbocycles. The fourth-order valence-electron chi connectivity index (χ4n) is 2.58. The van der Waals surface area contributed by atoms with E-state index < -0.39 is 10.0 Å². The molecule has 0 saturated heterocycles. The number of carbonyl (C=O) groups excluding carboxylic acids is 1. The lowest BCUT2D eigenvalue weighted by molar-refractivity contribution is 0.0940. The van der Waals surface area contributed by atoms with Gasteiger partial charge in [-0.3, -0.25) is 9.10 Å². The Kier molecular flexibility index (Phi) is 6.20. The number of hydrogen-bond acceptors (Lipinski definition) is 3. The molecule has 0 fully saturated rings. The van der Waals surface area contributed by atoms with Crippen molar-refractivity contribution in [3.8, 4) is 0 Å².